The molecule has 0 radical (unpaired) electrons. The molecule has 0 saturated carbocycles. The first-order valence-corrected chi connectivity index (χ1v) is 9.33. The fourth-order valence-corrected chi connectivity index (χ4v) is 3.53. The van der Waals surface area contributed by atoms with Crippen LogP contribution in [0, 0.1) is 6.92 Å². The minimum absolute atomic E-state index is 0.158. The average molecular weight is 336 g/mol. The SMILES string of the molecule is Cc1ccc(C(=O)CNCC(c2ccccc2)N2CCCCC2)cc1. The van der Waals surface area contributed by atoms with Crippen molar-refractivity contribution < 1.29 is 4.79 Å². The number of carbonyl (C=O) groups excluding carboxylic acids is 1. The number of likely N-dealkylation sites (tertiary alicyclic amines) is 1. The van der Waals surface area contributed by atoms with E-state index in [4.69, 9.17) is 0 Å². The fraction of sp³-hybridized carbons (Fsp3) is 0.409. The van der Waals surface area contributed by atoms with Gasteiger partial charge in [0.15, 0.2) is 5.78 Å². The first-order valence-electron chi connectivity index (χ1n) is 9.33. The number of rotatable bonds is 7. The van der Waals surface area contributed by atoms with E-state index < -0.39 is 0 Å². The van der Waals surface area contributed by atoms with E-state index in [-0.39, 0.29) is 5.78 Å². The topological polar surface area (TPSA) is 32.3 Å². The number of ketones is 1. The molecule has 3 rings (SSSR count). The molecule has 3 nitrogen and oxygen atoms in total. The van der Waals surface area contributed by atoms with Gasteiger partial charge in [0.25, 0.3) is 0 Å². The zero-order valence-corrected chi connectivity index (χ0v) is 15.1. The van der Waals surface area contributed by atoms with Crippen molar-refractivity contribution in [1.29, 1.82) is 0 Å². The number of benzene rings is 2. The summed E-state index contributed by atoms with van der Waals surface area (Å²) in [6, 6.07) is 18.8. The fourth-order valence-electron chi connectivity index (χ4n) is 3.53. The number of piperidine rings is 1. The van der Waals surface area contributed by atoms with Crippen molar-refractivity contribution in [2.45, 2.75) is 32.2 Å². The summed E-state index contributed by atoms with van der Waals surface area (Å²) < 4.78 is 0. The smallest absolute Gasteiger partial charge is 0.176 e. The second-order valence-electron chi connectivity index (χ2n) is 6.94. The third kappa shape index (κ3) is 5.00. The Morgan fingerprint density at radius 2 is 1.68 bits per heavy atom. The zero-order valence-electron chi connectivity index (χ0n) is 15.1. The van der Waals surface area contributed by atoms with E-state index in [0.717, 1.165) is 25.2 Å². The molecule has 3 heteroatoms. The lowest BCUT2D eigenvalue weighted by atomic mass is 10.0. The minimum Gasteiger partial charge on any atom is -0.308 e. The van der Waals surface area contributed by atoms with Crippen LogP contribution >= 0.6 is 0 Å². The van der Waals surface area contributed by atoms with Gasteiger partial charge < -0.3 is 5.32 Å². The van der Waals surface area contributed by atoms with Gasteiger partial charge in [-0.2, -0.15) is 0 Å². The third-order valence-electron chi connectivity index (χ3n) is 5.01. The highest BCUT2D eigenvalue weighted by Crippen LogP contribution is 2.24. The Bertz CT molecular complexity index is 660. The monoisotopic (exact) mass is 336 g/mol. The molecule has 132 valence electrons. The first-order chi connectivity index (χ1) is 12.2. The molecule has 0 spiro atoms. The van der Waals surface area contributed by atoms with Gasteiger partial charge in [0, 0.05) is 18.2 Å². The zero-order chi connectivity index (χ0) is 17.5. The van der Waals surface area contributed by atoms with E-state index in [2.05, 4.69) is 40.5 Å². The summed E-state index contributed by atoms with van der Waals surface area (Å²) in [6.45, 7) is 5.53. The van der Waals surface area contributed by atoms with Crippen LogP contribution in [0.15, 0.2) is 54.6 Å². The van der Waals surface area contributed by atoms with E-state index in [1.165, 1.54) is 30.4 Å². The Morgan fingerprint density at radius 1 is 1.00 bits per heavy atom. The molecule has 2 aromatic carbocycles. The van der Waals surface area contributed by atoms with Gasteiger partial charge in [0.05, 0.1) is 6.54 Å². The van der Waals surface area contributed by atoms with Gasteiger partial charge in [-0.15, -0.1) is 0 Å². The number of aryl methyl sites for hydroxylation is 1. The van der Waals surface area contributed by atoms with Crippen molar-refractivity contribution in [2.24, 2.45) is 0 Å². The molecule has 1 atom stereocenters. The van der Waals surface area contributed by atoms with E-state index >= 15 is 0 Å². The minimum atomic E-state index is 0.158. The summed E-state index contributed by atoms with van der Waals surface area (Å²) in [5, 5.41) is 3.40. The number of Topliss-reactive ketones (excluding diaryl/α,β-unsaturated/α-hetero) is 1. The van der Waals surface area contributed by atoms with Crippen LogP contribution in [0.2, 0.25) is 0 Å². The van der Waals surface area contributed by atoms with Crippen LogP contribution in [0.1, 0.15) is 46.8 Å². The lowest BCUT2D eigenvalue weighted by molar-refractivity contribution is 0.0983. The van der Waals surface area contributed by atoms with E-state index in [9.17, 15) is 4.79 Å². The second-order valence-corrected chi connectivity index (χ2v) is 6.94. The van der Waals surface area contributed by atoms with E-state index in [1.54, 1.807) is 0 Å². The van der Waals surface area contributed by atoms with Gasteiger partial charge in [-0.3, -0.25) is 9.69 Å². The highest BCUT2D eigenvalue weighted by molar-refractivity contribution is 5.97. The summed E-state index contributed by atoms with van der Waals surface area (Å²) in [6.07, 6.45) is 3.87. The normalized spacial score (nSPS) is 16.5. The summed E-state index contributed by atoms with van der Waals surface area (Å²) in [7, 11) is 0. The van der Waals surface area contributed by atoms with Gasteiger partial charge in [0.1, 0.15) is 0 Å². The Morgan fingerprint density at radius 3 is 2.36 bits per heavy atom. The molecular formula is C22H28N2O. The van der Waals surface area contributed by atoms with Crippen molar-refractivity contribution >= 4 is 5.78 Å². The average Bonchev–Trinajstić information content (AvgIpc) is 2.67. The Hall–Kier alpha value is -1.97. The first kappa shape index (κ1) is 17.8. The van der Waals surface area contributed by atoms with Gasteiger partial charge >= 0.3 is 0 Å². The van der Waals surface area contributed by atoms with E-state index in [1.807, 2.05) is 31.2 Å². The standard InChI is InChI=1S/C22H28N2O/c1-18-10-12-20(13-11-18)22(25)17-23-16-21(19-8-4-2-5-9-19)24-14-6-3-7-15-24/h2,4-5,8-13,21,23H,3,6-7,14-17H2,1H3. The summed E-state index contributed by atoms with van der Waals surface area (Å²) >= 11 is 0. The molecule has 1 heterocycles. The van der Waals surface area contributed by atoms with Gasteiger partial charge in [-0.1, -0.05) is 66.6 Å². The molecule has 1 aliphatic heterocycles. The molecule has 25 heavy (non-hydrogen) atoms. The number of hydrogen-bond acceptors (Lipinski definition) is 3. The Balaban J connectivity index is 1.60. The van der Waals surface area contributed by atoms with Crippen molar-refractivity contribution in [3.63, 3.8) is 0 Å². The van der Waals surface area contributed by atoms with Crippen LogP contribution < -0.4 is 5.32 Å². The van der Waals surface area contributed by atoms with Gasteiger partial charge in [0.2, 0.25) is 0 Å². The summed E-state index contributed by atoms with van der Waals surface area (Å²) in [5.41, 5.74) is 3.30. The van der Waals surface area contributed by atoms with Crippen molar-refractivity contribution in [1.82, 2.24) is 10.2 Å². The molecule has 0 aliphatic carbocycles. The molecular weight excluding hydrogens is 308 g/mol. The van der Waals surface area contributed by atoms with Crippen molar-refractivity contribution in [3.05, 3.63) is 71.3 Å². The quantitative estimate of drug-likeness (QED) is 0.776. The Labute approximate surface area is 151 Å². The highest BCUT2D eigenvalue weighted by Gasteiger charge is 2.22. The maximum atomic E-state index is 12.4. The summed E-state index contributed by atoms with van der Waals surface area (Å²) in [4.78, 5) is 14.9. The van der Waals surface area contributed by atoms with Crippen LogP contribution in [-0.4, -0.2) is 36.9 Å². The number of nitrogens with one attached hydrogen (secondary N) is 1. The van der Waals surface area contributed by atoms with Crippen LogP contribution in [0.25, 0.3) is 0 Å². The number of carbonyl (C=O) groups is 1. The third-order valence-corrected chi connectivity index (χ3v) is 5.01. The van der Waals surface area contributed by atoms with Crippen LogP contribution in [0.4, 0.5) is 0 Å². The molecule has 1 fully saturated rings. The lowest BCUT2D eigenvalue weighted by Gasteiger charge is -2.35. The number of nitrogens with zero attached hydrogens (tertiary/aromatic N) is 1. The largest absolute Gasteiger partial charge is 0.308 e. The predicted octanol–water partition coefficient (Wildman–Crippen LogP) is 3.99. The molecule has 0 bridgehead atoms. The second kappa shape index (κ2) is 8.93. The molecule has 0 aromatic heterocycles. The maximum absolute atomic E-state index is 12.4. The highest BCUT2D eigenvalue weighted by atomic mass is 16.1. The maximum Gasteiger partial charge on any atom is 0.176 e. The predicted molar refractivity (Wildman–Crippen MR) is 103 cm³/mol. The molecule has 1 N–H and O–H groups in total. The molecule has 1 unspecified atom stereocenters. The van der Waals surface area contributed by atoms with Gasteiger partial charge in [-0.25, -0.2) is 0 Å². The molecule has 1 aliphatic rings. The van der Waals surface area contributed by atoms with Gasteiger partial charge in [-0.05, 0) is 38.4 Å². The van der Waals surface area contributed by atoms with Crippen molar-refractivity contribution in [3.8, 4) is 0 Å². The van der Waals surface area contributed by atoms with Crippen LogP contribution in [0.3, 0.4) is 0 Å². The van der Waals surface area contributed by atoms with Crippen molar-refractivity contribution in [2.75, 3.05) is 26.2 Å². The number of hydrogen-bond donors (Lipinski definition) is 1. The Kier molecular flexibility index (Phi) is 6.37. The van der Waals surface area contributed by atoms with E-state index in [0.29, 0.717) is 12.6 Å². The van der Waals surface area contributed by atoms with Crippen LogP contribution in [-0.2, 0) is 0 Å². The molecule has 0 amide bonds. The summed E-state index contributed by atoms with van der Waals surface area (Å²) in [5.74, 6) is 0.158. The molecule has 1 saturated heterocycles. The van der Waals surface area contributed by atoms with Crippen LogP contribution in [0.5, 0.6) is 0 Å². The molecule has 2 aromatic rings. The lowest BCUT2D eigenvalue weighted by Crippen LogP contribution is -2.40.